The van der Waals surface area contributed by atoms with E-state index < -0.39 is 0 Å². The molecule has 5 nitrogen and oxygen atoms in total. The standard InChI is InChI=1S/C15H27N5.HI/c1-14(2)11-20(15(14,3)4)13(16-5)17-8-7-12-9-18-19(6)10-12;/h9-10H,7-8,11H2,1-6H3,(H,16,17);1H. The first-order valence-electron chi connectivity index (χ1n) is 7.24. The summed E-state index contributed by atoms with van der Waals surface area (Å²) in [6.07, 6.45) is 4.94. The molecular formula is C15H28IN5. The lowest BCUT2D eigenvalue weighted by atomic mass is 9.65. The van der Waals surface area contributed by atoms with Crippen LogP contribution in [0.2, 0.25) is 0 Å². The normalized spacial score (nSPS) is 19.7. The van der Waals surface area contributed by atoms with Crippen molar-refractivity contribution in [3.8, 4) is 0 Å². The predicted octanol–water partition coefficient (Wildman–Crippen LogP) is 2.28. The fraction of sp³-hybridized carbons (Fsp3) is 0.733. The molecule has 0 unspecified atom stereocenters. The molecule has 1 saturated heterocycles. The lowest BCUT2D eigenvalue weighted by Crippen LogP contribution is -2.72. The third-order valence-electron chi connectivity index (χ3n) is 4.81. The van der Waals surface area contributed by atoms with Crippen LogP contribution in [-0.2, 0) is 13.5 Å². The molecule has 1 aliphatic heterocycles. The van der Waals surface area contributed by atoms with E-state index in [-0.39, 0.29) is 29.5 Å². The van der Waals surface area contributed by atoms with Crippen LogP contribution in [0.25, 0.3) is 0 Å². The minimum absolute atomic E-state index is 0. The van der Waals surface area contributed by atoms with Crippen LogP contribution in [0.15, 0.2) is 17.4 Å². The first-order chi connectivity index (χ1) is 9.28. The van der Waals surface area contributed by atoms with E-state index in [9.17, 15) is 0 Å². The fourth-order valence-corrected chi connectivity index (χ4v) is 2.61. The van der Waals surface area contributed by atoms with Gasteiger partial charge in [0.25, 0.3) is 0 Å². The van der Waals surface area contributed by atoms with Crippen LogP contribution in [0, 0.1) is 5.41 Å². The molecule has 0 aliphatic carbocycles. The second kappa shape index (κ2) is 6.54. The third-order valence-corrected chi connectivity index (χ3v) is 4.81. The Kier molecular flexibility index (Phi) is 5.69. The topological polar surface area (TPSA) is 45.5 Å². The summed E-state index contributed by atoms with van der Waals surface area (Å²) in [5.74, 6) is 0.998. The van der Waals surface area contributed by atoms with Crippen molar-refractivity contribution in [3.05, 3.63) is 18.0 Å². The molecule has 1 aromatic rings. The second-order valence-corrected chi connectivity index (χ2v) is 6.78. The Bertz CT molecular complexity index is 504. The van der Waals surface area contributed by atoms with Crippen LogP contribution in [0.5, 0.6) is 0 Å². The van der Waals surface area contributed by atoms with Crippen LogP contribution in [0.4, 0.5) is 0 Å². The molecule has 21 heavy (non-hydrogen) atoms. The summed E-state index contributed by atoms with van der Waals surface area (Å²) < 4.78 is 1.84. The molecule has 1 aromatic heterocycles. The number of nitrogens with zero attached hydrogens (tertiary/aromatic N) is 4. The van der Waals surface area contributed by atoms with Crippen molar-refractivity contribution < 1.29 is 0 Å². The number of rotatable bonds is 3. The van der Waals surface area contributed by atoms with Crippen LogP contribution in [0.1, 0.15) is 33.3 Å². The van der Waals surface area contributed by atoms with Gasteiger partial charge in [0.15, 0.2) is 5.96 Å². The summed E-state index contributed by atoms with van der Waals surface area (Å²) in [7, 11) is 3.80. The molecule has 0 amide bonds. The van der Waals surface area contributed by atoms with Gasteiger partial charge in [-0.3, -0.25) is 9.67 Å². The molecule has 120 valence electrons. The maximum atomic E-state index is 4.42. The molecule has 1 N–H and O–H groups in total. The van der Waals surface area contributed by atoms with Crippen molar-refractivity contribution in [1.29, 1.82) is 0 Å². The van der Waals surface area contributed by atoms with Gasteiger partial charge in [-0.25, -0.2) is 0 Å². The Labute approximate surface area is 145 Å². The van der Waals surface area contributed by atoms with Gasteiger partial charge in [-0.15, -0.1) is 24.0 Å². The van der Waals surface area contributed by atoms with Crippen molar-refractivity contribution >= 4 is 29.9 Å². The Morgan fingerprint density at radius 3 is 2.48 bits per heavy atom. The van der Waals surface area contributed by atoms with Crippen molar-refractivity contribution in [2.45, 2.75) is 39.7 Å². The SMILES string of the molecule is CN=C(NCCc1cnn(C)c1)N1CC(C)(C)C1(C)C.I. The van der Waals surface area contributed by atoms with E-state index in [0.717, 1.165) is 25.5 Å². The molecule has 6 heteroatoms. The van der Waals surface area contributed by atoms with E-state index in [1.54, 1.807) is 0 Å². The minimum atomic E-state index is 0. The number of nitrogens with one attached hydrogen (secondary N) is 1. The van der Waals surface area contributed by atoms with Gasteiger partial charge >= 0.3 is 0 Å². The van der Waals surface area contributed by atoms with E-state index >= 15 is 0 Å². The molecule has 2 rings (SSSR count). The van der Waals surface area contributed by atoms with E-state index in [1.807, 2.05) is 25.0 Å². The van der Waals surface area contributed by atoms with Crippen molar-refractivity contribution in [2.75, 3.05) is 20.1 Å². The Hall–Kier alpha value is -0.790. The highest BCUT2D eigenvalue weighted by molar-refractivity contribution is 14.0. The molecule has 2 heterocycles. The maximum absolute atomic E-state index is 4.42. The van der Waals surface area contributed by atoms with E-state index in [0.29, 0.717) is 5.41 Å². The zero-order valence-electron chi connectivity index (χ0n) is 14.0. The number of aryl methyl sites for hydroxylation is 1. The van der Waals surface area contributed by atoms with Crippen LogP contribution in [0.3, 0.4) is 0 Å². The zero-order chi connectivity index (χ0) is 15.0. The third kappa shape index (κ3) is 3.52. The molecule has 0 saturated carbocycles. The average Bonchev–Trinajstić information content (AvgIpc) is 2.78. The summed E-state index contributed by atoms with van der Waals surface area (Å²) in [6, 6.07) is 0. The minimum Gasteiger partial charge on any atom is -0.356 e. The molecule has 0 bridgehead atoms. The van der Waals surface area contributed by atoms with Gasteiger partial charge in [-0.1, -0.05) is 13.8 Å². The van der Waals surface area contributed by atoms with Gasteiger partial charge in [0.1, 0.15) is 0 Å². The number of halogens is 1. The van der Waals surface area contributed by atoms with Gasteiger partial charge in [0.05, 0.1) is 6.20 Å². The molecule has 1 aliphatic rings. The number of hydrogen-bond acceptors (Lipinski definition) is 2. The molecular weight excluding hydrogens is 377 g/mol. The number of guanidine groups is 1. The summed E-state index contributed by atoms with van der Waals surface area (Å²) in [6.45, 7) is 11.1. The highest BCUT2D eigenvalue weighted by Gasteiger charge is 2.53. The van der Waals surface area contributed by atoms with Crippen molar-refractivity contribution in [2.24, 2.45) is 17.5 Å². The molecule has 0 atom stereocenters. The van der Waals surface area contributed by atoms with Gasteiger partial charge in [0, 0.05) is 44.3 Å². The average molecular weight is 405 g/mol. The van der Waals surface area contributed by atoms with Gasteiger partial charge < -0.3 is 10.2 Å². The zero-order valence-corrected chi connectivity index (χ0v) is 16.3. The monoisotopic (exact) mass is 405 g/mol. The molecule has 0 spiro atoms. The van der Waals surface area contributed by atoms with Gasteiger partial charge in [-0.2, -0.15) is 5.10 Å². The van der Waals surface area contributed by atoms with Crippen molar-refractivity contribution in [3.63, 3.8) is 0 Å². The highest BCUT2D eigenvalue weighted by Crippen LogP contribution is 2.46. The fourth-order valence-electron chi connectivity index (χ4n) is 2.61. The van der Waals surface area contributed by atoms with Crippen LogP contribution in [-0.4, -0.2) is 46.3 Å². The molecule has 0 radical (unpaired) electrons. The number of likely N-dealkylation sites (tertiary alicyclic amines) is 1. The predicted molar refractivity (Wildman–Crippen MR) is 98.3 cm³/mol. The quantitative estimate of drug-likeness (QED) is 0.477. The molecule has 1 fully saturated rings. The maximum Gasteiger partial charge on any atom is 0.194 e. The lowest BCUT2D eigenvalue weighted by Gasteiger charge is -2.62. The van der Waals surface area contributed by atoms with Crippen LogP contribution < -0.4 is 5.32 Å². The first kappa shape index (κ1) is 18.3. The second-order valence-electron chi connectivity index (χ2n) is 6.78. The largest absolute Gasteiger partial charge is 0.356 e. The number of aromatic nitrogens is 2. The van der Waals surface area contributed by atoms with Crippen LogP contribution >= 0.6 is 24.0 Å². The van der Waals surface area contributed by atoms with E-state index in [2.05, 4.69) is 54.2 Å². The van der Waals surface area contributed by atoms with Gasteiger partial charge in [0.2, 0.25) is 0 Å². The number of hydrogen-bond donors (Lipinski definition) is 1. The van der Waals surface area contributed by atoms with E-state index in [4.69, 9.17) is 0 Å². The highest BCUT2D eigenvalue weighted by atomic mass is 127. The smallest absolute Gasteiger partial charge is 0.194 e. The summed E-state index contributed by atoms with van der Waals surface area (Å²) >= 11 is 0. The molecule has 0 aromatic carbocycles. The Balaban J connectivity index is 0.00000220. The lowest BCUT2D eigenvalue weighted by molar-refractivity contribution is -0.0666. The van der Waals surface area contributed by atoms with Crippen molar-refractivity contribution in [1.82, 2.24) is 20.0 Å². The summed E-state index contributed by atoms with van der Waals surface area (Å²) in [5, 5.41) is 7.65. The van der Waals surface area contributed by atoms with Gasteiger partial charge in [-0.05, 0) is 25.8 Å². The summed E-state index contributed by atoms with van der Waals surface area (Å²) in [5.41, 5.74) is 1.72. The first-order valence-corrected chi connectivity index (χ1v) is 7.24. The Morgan fingerprint density at radius 1 is 1.38 bits per heavy atom. The summed E-state index contributed by atoms with van der Waals surface area (Å²) in [4.78, 5) is 6.78. The number of aliphatic imine (C=N–C) groups is 1. The van der Waals surface area contributed by atoms with E-state index in [1.165, 1.54) is 5.56 Å². The Morgan fingerprint density at radius 2 is 2.05 bits per heavy atom.